The summed E-state index contributed by atoms with van der Waals surface area (Å²) in [6.45, 7) is 2.06. The molecule has 0 unspecified atom stereocenters. The molecule has 0 aromatic carbocycles. The zero-order valence-corrected chi connectivity index (χ0v) is 9.74. The van der Waals surface area contributed by atoms with Gasteiger partial charge in [0.25, 0.3) is 10.1 Å². The molecule has 4 nitrogen and oxygen atoms in total. The Balaban J connectivity index is 4.80. The molecule has 0 aliphatic heterocycles. The third-order valence-electron chi connectivity index (χ3n) is 1.29. The van der Waals surface area contributed by atoms with E-state index in [0.29, 0.717) is 0 Å². The third kappa shape index (κ3) is 4.58. The van der Waals surface area contributed by atoms with Crippen LogP contribution in [0.2, 0.25) is 0 Å². The van der Waals surface area contributed by atoms with Gasteiger partial charge in [0.2, 0.25) is 0 Å². The fourth-order valence-electron chi connectivity index (χ4n) is 0.846. The van der Waals surface area contributed by atoms with Gasteiger partial charge >= 0.3 is 6.30 Å². The molecule has 0 saturated heterocycles. The maximum absolute atomic E-state index is 12.1. The van der Waals surface area contributed by atoms with Crippen molar-refractivity contribution in [1.82, 2.24) is 3.93 Å². The van der Waals surface area contributed by atoms with E-state index in [4.69, 9.17) is 4.55 Å². The van der Waals surface area contributed by atoms with Gasteiger partial charge in [0.05, 0.1) is 11.3 Å². The number of alkyl halides is 3. The molecule has 0 aromatic rings. The standard InChI is InChI=1S/C5H9BrF3NO3S/c1-4(2,3-14(11,12)13)10(6)5(7,8)9/h3H2,1-2H3,(H,11,12,13). The smallest absolute Gasteiger partial charge is 0.285 e. The van der Waals surface area contributed by atoms with E-state index in [1.807, 2.05) is 0 Å². The SMILES string of the molecule is CC(C)(CS(=O)(=O)O)N(Br)C(F)(F)F. The van der Waals surface area contributed by atoms with Crippen molar-refractivity contribution < 1.29 is 26.1 Å². The van der Waals surface area contributed by atoms with Gasteiger partial charge < -0.3 is 0 Å². The lowest BCUT2D eigenvalue weighted by atomic mass is 10.1. The molecule has 0 bridgehead atoms. The molecule has 0 rings (SSSR count). The van der Waals surface area contributed by atoms with Gasteiger partial charge in [-0.3, -0.25) is 4.55 Å². The molecule has 0 atom stereocenters. The molecular formula is C5H9BrF3NO3S. The maximum atomic E-state index is 12.1. The third-order valence-corrected chi connectivity index (χ3v) is 3.72. The zero-order chi connectivity index (χ0) is 11.8. The predicted molar refractivity (Wildman–Crippen MR) is 47.3 cm³/mol. The van der Waals surface area contributed by atoms with Crippen molar-refractivity contribution in [2.45, 2.75) is 25.7 Å². The van der Waals surface area contributed by atoms with E-state index < -0.39 is 27.7 Å². The Morgan fingerprint density at radius 1 is 1.36 bits per heavy atom. The van der Waals surface area contributed by atoms with Gasteiger partial charge in [-0.15, -0.1) is 3.93 Å². The molecule has 0 aliphatic carbocycles. The Hall–Kier alpha value is 0.140. The monoisotopic (exact) mass is 299 g/mol. The van der Waals surface area contributed by atoms with Gasteiger partial charge in [-0.1, -0.05) is 0 Å². The Morgan fingerprint density at radius 3 is 1.93 bits per heavy atom. The fraction of sp³-hybridized carbons (Fsp3) is 1.00. The van der Waals surface area contributed by atoms with Crippen molar-refractivity contribution in [3.63, 3.8) is 0 Å². The minimum absolute atomic E-state index is 0.249. The van der Waals surface area contributed by atoms with Crippen LogP contribution in [-0.2, 0) is 10.1 Å². The van der Waals surface area contributed by atoms with E-state index in [-0.39, 0.29) is 3.93 Å². The first-order chi connectivity index (χ1) is 5.86. The molecular weight excluding hydrogens is 291 g/mol. The van der Waals surface area contributed by atoms with Crippen molar-refractivity contribution in [2.24, 2.45) is 0 Å². The number of nitrogens with zero attached hydrogens (tertiary/aromatic N) is 1. The first kappa shape index (κ1) is 14.1. The van der Waals surface area contributed by atoms with Gasteiger partial charge in [0.1, 0.15) is 0 Å². The van der Waals surface area contributed by atoms with Gasteiger partial charge in [-0.2, -0.15) is 21.6 Å². The van der Waals surface area contributed by atoms with Crippen LogP contribution in [0.5, 0.6) is 0 Å². The summed E-state index contributed by atoms with van der Waals surface area (Å²) in [7, 11) is -4.46. The lowest BCUT2D eigenvalue weighted by Gasteiger charge is -2.33. The molecule has 9 heteroatoms. The first-order valence-electron chi connectivity index (χ1n) is 3.34. The zero-order valence-electron chi connectivity index (χ0n) is 7.34. The number of rotatable bonds is 3. The summed E-state index contributed by atoms with van der Waals surface area (Å²) < 4.78 is 65.4. The van der Waals surface area contributed by atoms with Crippen LogP contribution in [0.25, 0.3) is 0 Å². The van der Waals surface area contributed by atoms with Crippen LogP contribution in [-0.4, -0.2) is 34.5 Å². The second-order valence-electron chi connectivity index (χ2n) is 3.29. The van der Waals surface area contributed by atoms with Gasteiger partial charge in [0.15, 0.2) is 0 Å². The number of hydrogen-bond acceptors (Lipinski definition) is 3. The molecule has 0 amide bonds. The second-order valence-corrected chi connectivity index (χ2v) is 5.45. The van der Waals surface area contributed by atoms with Crippen molar-refractivity contribution >= 4 is 26.3 Å². The fourth-order valence-corrected chi connectivity index (χ4v) is 2.16. The summed E-state index contributed by atoms with van der Waals surface area (Å²) in [5.41, 5.74) is -1.79. The lowest BCUT2D eigenvalue weighted by Crippen LogP contribution is -2.49. The molecule has 0 fully saturated rings. The summed E-state index contributed by atoms with van der Waals surface area (Å²) in [6, 6.07) is 0. The predicted octanol–water partition coefficient (Wildman–Crippen LogP) is 1.78. The topological polar surface area (TPSA) is 57.6 Å². The second kappa shape index (κ2) is 3.95. The summed E-state index contributed by atoms with van der Waals surface area (Å²) >= 11 is 2.21. The Bertz CT molecular complexity index is 300. The molecule has 0 spiro atoms. The van der Waals surface area contributed by atoms with Crippen LogP contribution in [0.15, 0.2) is 0 Å². The largest absolute Gasteiger partial charge is 0.470 e. The van der Waals surface area contributed by atoms with Gasteiger partial charge in [-0.05, 0) is 13.8 Å². The van der Waals surface area contributed by atoms with Crippen LogP contribution in [0.1, 0.15) is 13.8 Å². The summed E-state index contributed by atoms with van der Waals surface area (Å²) in [4.78, 5) is 0. The van der Waals surface area contributed by atoms with E-state index in [1.165, 1.54) is 0 Å². The highest BCUT2D eigenvalue weighted by molar-refractivity contribution is 9.07. The van der Waals surface area contributed by atoms with Gasteiger partial charge in [0, 0.05) is 16.1 Å². The molecule has 0 saturated carbocycles. The molecule has 1 N–H and O–H groups in total. The molecule has 0 radical (unpaired) electrons. The van der Waals surface area contributed by atoms with E-state index >= 15 is 0 Å². The highest BCUT2D eigenvalue weighted by Gasteiger charge is 2.46. The van der Waals surface area contributed by atoms with Crippen LogP contribution in [0.3, 0.4) is 0 Å². The molecule has 0 aliphatic rings. The quantitative estimate of drug-likeness (QED) is 0.490. The van der Waals surface area contributed by atoms with E-state index in [0.717, 1.165) is 13.8 Å². The summed E-state index contributed by atoms with van der Waals surface area (Å²) in [6.07, 6.45) is -4.71. The highest BCUT2D eigenvalue weighted by Crippen LogP contribution is 2.33. The van der Waals surface area contributed by atoms with E-state index in [1.54, 1.807) is 0 Å². The molecule has 14 heavy (non-hydrogen) atoms. The van der Waals surface area contributed by atoms with Crippen LogP contribution in [0, 0.1) is 0 Å². The Kier molecular flexibility index (Phi) is 3.99. The normalized spacial score (nSPS) is 14.9. The maximum Gasteiger partial charge on any atom is 0.470 e. The van der Waals surface area contributed by atoms with E-state index in [9.17, 15) is 21.6 Å². The van der Waals surface area contributed by atoms with Crippen molar-refractivity contribution in [3.05, 3.63) is 0 Å². The molecule has 0 aromatic heterocycles. The number of hydrogen-bond donors (Lipinski definition) is 1. The molecule has 0 heterocycles. The van der Waals surface area contributed by atoms with Crippen molar-refractivity contribution in [1.29, 1.82) is 0 Å². The minimum atomic E-state index is -4.71. The van der Waals surface area contributed by atoms with Crippen LogP contribution in [0.4, 0.5) is 13.2 Å². The lowest BCUT2D eigenvalue weighted by molar-refractivity contribution is -0.223. The first-order valence-corrected chi connectivity index (χ1v) is 5.66. The minimum Gasteiger partial charge on any atom is -0.285 e. The molecule has 86 valence electrons. The Labute approximate surface area is 88.2 Å². The van der Waals surface area contributed by atoms with Gasteiger partial charge in [-0.25, -0.2) is 0 Å². The van der Waals surface area contributed by atoms with Crippen LogP contribution >= 0.6 is 16.1 Å². The summed E-state index contributed by atoms with van der Waals surface area (Å²) in [5, 5.41) is 0. The van der Waals surface area contributed by atoms with Crippen LogP contribution < -0.4 is 0 Å². The van der Waals surface area contributed by atoms with Crippen molar-refractivity contribution in [3.8, 4) is 0 Å². The number of halogens is 4. The van der Waals surface area contributed by atoms with Crippen molar-refractivity contribution in [2.75, 3.05) is 5.75 Å². The summed E-state index contributed by atoms with van der Waals surface area (Å²) in [5.74, 6) is -1.02. The average molecular weight is 300 g/mol. The van der Waals surface area contributed by atoms with E-state index in [2.05, 4.69) is 16.1 Å². The highest BCUT2D eigenvalue weighted by atomic mass is 79.9. The average Bonchev–Trinajstić information content (AvgIpc) is 1.78. The Morgan fingerprint density at radius 2 is 1.71 bits per heavy atom.